The minimum absolute atomic E-state index is 0.201. The number of hydrogen-bond donors (Lipinski definition) is 1. The van der Waals surface area contributed by atoms with E-state index in [4.69, 9.17) is 4.74 Å². The molecule has 0 heterocycles. The van der Waals surface area contributed by atoms with Crippen molar-refractivity contribution in [1.29, 1.82) is 0 Å². The highest BCUT2D eigenvalue weighted by Gasteiger charge is 2.18. The van der Waals surface area contributed by atoms with Crippen LogP contribution in [0.5, 0.6) is 0 Å². The van der Waals surface area contributed by atoms with Gasteiger partial charge in [0.1, 0.15) is 6.61 Å². The second-order valence-electron chi connectivity index (χ2n) is 5.51. The van der Waals surface area contributed by atoms with Gasteiger partial charge in [-0.3, -0.25) is 4.79 Å². The first-order valence-electron chi connectivity index (χ1n) is 7.82. The van der Waals surface area contributed by atoms with Crippen molar-refractivity contribution in [3.63, 3.8) is 0 Å². The Hall–Kier alpha value is -3.06. The van der Waals surface area contributed by atoms with Gasteiger partial charge in [0.05, 0.1) is 6.54 Å². The number of hydrogen-bond acceptors (Lipinski definition) is 3. The summed E-state index contributed by atoms with van der Waals surface area (Å²) in [4.78, 5) is 23.2. The topological polar surface area (TPSA) is 55.4 Å². The summed E-state index contributed by atoms with van der Waals surface area (Å²) in [6.45, 7) is 0.447. The van der Waals surface area contributed by atoms with Crippen LogP contribution < -0.4 is 5.32 Å². The number of benzene rings is 2. The van der Waals surface area contributed by atoms with Crippen LogP contribution in [0.4, 0.5) is 4.79 Å². The Morgan fingerprint density at radius 3 is 2.79 bits per heavy atom. The van der Waals surface area contributed by atoms with E-state index in [1.54, 1.807) is 0 Å². The van der Waals surface area contributed by atoms with Gasteiger partial charge in [-0.15, -0.1) is 0 Å². The molecule has 0 spiro atoms. The lowest BCUT2D eigenvalue weighted by molar-refractivity contribution is 0.0994. The predicted octanol–water partition coefficient (Wildman–Crippen LogP) is 3.09. The lowest BCUT2D eigenvalue weighted by Gasteiger charge is -2.04. The molecule has 3 rings (SSSR count). The normalized spacial score (nSPS) is 12.1. The lowest BCUT2D eigenvalue weighted by atomic mass is 10.1. The Morgan fingerprint density at radius 2 is 1.96 bits per heavy atom. The monoisotopic (exact) mass is 319 g/mol. The number of alkyl carbamates (subject to hydrolysis) is 1. The Labute approximate surface area is 140 Å². The van der Waals surface area contributed by atoms with Gasteiger partial charge in [0.2, 0.25) is 0 Å². The molecule has 4 heteroatoms. The summed E-state index contributed by atoms with van der Waals surface area (Å²) in [7, 11) is 0. The third-order valence-electron chi connectivity index (χ3n) is 3.79. The van der Waals surface area contributed by atoms with Crippen molar-refractivity contribution in [3.05, 3.63) is 70.8 Å². The van der Waals surface area contributed by atoms with Crippen LogP contribution in [0.2, 0.25) is 0 Å². The average Bonchev–Trinajstić information content (AvgIpc) is 2.98. The van der Waals surface area contributed by atoms with E-state index in [2.05, 4.69) is 17.2 Å². The molecule has 0 saturated heterocycles. The highest BCUT2D eigenvalue weighted by atomic mass is 16.5. The molecule has 0 aromatic heterocycles. The minimum Gasteiger partial charge on any atom is -0.445 e. The predicted molar refractivity (Wildman–Crippen MR) is 90.6 cm³/mol. The number of aryl methyl sites for hydroxylation is 1. The molecule has 0 bridgehead atoms. The third kappa shape index (κ3) is 4.02. The molecule has 1 aliphatic rings. The summed E-state index contributed by atoms with van der Waals surface area (Å²) < 4.78 is 5.10. The number of Topliss-reactive ketones (excluding diaryl/α,β-unsaturated/α-hetero) is 1. The van der Waals surface area contributed by atoms with Crippen LogP contribution in [0.1, 0.15) is 33.5 Å². The molecule has 1 N–H and O–H groups in total. The zero-order valence-corrected chi connectivity index (χ0v) is 13.2. The fraction of sp³-hybridized carbons (Fsp3) is 0.200. The van der Waals surface area contributed by atoms with Crippen molar-refractivity contribution in [1.82, 2.24) is 5.32 Å². The molecule has 0 aliphatic heterocycles. The van der Waals surface area contributed by atoms with E-state index in [0.717, 1.165) is 28.7 Å². The van der Waals surface area contributed by atoms with E-state index in [-0.39, 0.29) is 18.9 Å². The zero-order valence-electron chi connectivity index (χ0n) is 13.2. The van der Waals surface area contributed by atoms with Crippen molar-refractivity contribution < 1.29 is 14.3 Å². The van der Waals surface area contributed by atoms with Gasteiger partial charge in [-0.05, 0) is 35.7 Å². The van der Waals surface area contributed by atoms with Crippen molar-refractivity contribution >= 4 is 11.9 Å². The molecule has 0 atom stereocenters. The van der Waals surface area contributed by atoms with Crippen molar-refractivity contribution in [2.45, 2.75) is 19.4 Å². The Morgan fingerprint density at radius 1 is 1.12 bits per heavy atom. The first-order valence-corrected chi connectivity index (χ1v) is 7.82. The second kappa shape index (κ2) is 7.47. The van der Waals surface area contributed by atoms with Crippen LogP contribution >= 0.6 is 0 Å². The maximum atomic E-state index is 11.6. The molecule has 1 aliphatic carbocycles. The van der Waals surface area contributed by atoms with Gasteiger partial charge >= 0.3 is 6.09 Å². The first-order chi connectivity index (χ1) is 11.7. The molecule has 2 aromatic rings. The average molecular weight is 319 g/mol. The van der Waals surface area contributed by atoms with Crippen LogP contribution in [-0.2, 0) is 17.8 Å². The van der Waals surface area contributed by atoms with Gasteiger partial charge in [-0.1, -0.05) is 42.2 Å². The highest BCUT2D eigenvalue weighted by Crippen LogP contribution is 2.22. The van der Waals surface area contributed by atoms with Gasteiger partial charge in [0, 0.05) is 17.5 Å². The fourth-order valence-corrected chi connectivity index (χ4v) is 2.57. The molecule has 0 fully saturated rings. The molecule has 0 unspecified atom stereocenters. The Balaban J connectivity index is 1.46. The summed E-state index contributed by atoms with van der Waals surface area (Å²) in [6.07, 6.45) is 0.877. The summed E-state index contributed by atoms with van der Waals surface area (Å²) >= 11 is 0. The standard InChI is InChI=1S/C20H17NO3/c22-19-11-9-17-13-15(8-10-18(17)19)7-4-12-21-20(23)24-14-16-5-2-1-3-6-16/h1-3,5-6,8,10,13H,9,11-12,14H2,(H,21,23). The van der Waals surface area contributed by atoms with Crippen LogP contribution in [0.3, 0.4) is 0 Å². The molecule has 24 heavy (non-hydrogen) atoms. The van der Waals surface area contributed by atoms with E-state index >= 15 is 0 Å². The number of fused-ring (bicyclic) bond motifs is 1. The summed E-state index contributed by atoms with van der Waals surface area (Å²) in [5.41, 5.74) is 3.65. The minimum atomic E-state index is -0.493. The number of amides is 1. The highest BCUT2D eigenvalue weighted by molar-refractivity contribution is 6.00. The summed E-state index contributed by atoms with van der Waals surface area (Å²) in [5, 5.41) is 2.59. The van der Waals surface area contributed by atoms with Crippen LogP contribution in [0, 0.1) is 11.8 Å². The molecule has 2 aromatic carbocycles. The second-order valence-corrected chi connectivity index (χ2v) is 5.51. The van der Waals surface area contributed by atoms with Crippen molar-refractivity contribution in [2.24, 2.45) is 0 Å². The number of nitrogens with one attached hydrogen (secondary N) is 1. The van der Waals surface area contributed by atoms with Crippen LogP contribution in [-0.4, -0.2) is 18.4 Å². The molecule has 0 radical (unpaired) electrons. The van der Waals surface area contributed by atoms with Crippen molar-refractivity contribution in [2.75, 3.05) is 6.54 Å². The van der Waals surface area contributed by atoms with E-state index in [0.29, 0.717) is 6.42 Å². The molecular formula is C20H17NO3. The quantitative estimate of drug-likeness (QED) is 0.885. The fourth-order valence-electron chi connectivity index (χ4n) is 2.57. The smallest absolute Gasteiger partial charge is 0.408 e. The zero-order chi connectivity index (χ0) is 16.8. The number of ether oxygens (including phenoxy) is 1. The van der Waals surface area contributed by atoms with Gasteiger partial charge in [-0.25, -0.2) is 4.79 Å². The first kappa shape index (κ1) is 15.8. The SMILES string of the molecule is O=C(NCC#Cc1ccc2c(c1)CCC2=O)OCc1ccccc1. The maximum absolute atomic E-state index is 11.6. The van der Waals surface area contributed by atoms with Gasteiger partial charge in [0.15, 0.2) is 5.78 Å². The largest absolute Gasteiger partial charge is 0.445 e. The number of rotatable bonds is 3. The molecule has 1 amide bonds. The van der Waals surface area contributed by atoms with Gasteiger partial charge in [0.25, 0.3) is 0 Å². The number of carbonyl (C=O) groups excluding carboxylic acids is 2. The van der Waals surface area contributed by atoms with E-state index in [1.165, 1.54) is 0 Å². The van der Waals surface area contributed by atoms with Crippen LogP contribution in [0.15, 0.2) is 48.5 Å². The van der Waals surface area contributed by atoms with Crippen LogP contribution in [0.25, 0.3) is 0 Å². The summed E-state index contributed by atoms with van der Waals surface area (Å²) in [5.74, 6) is 6.07. The maximum Gasteiger partial charge on any atom is 0.408 e. The van der Waals surface area contributed by atoms with E-state index < -0.39 is 6.09 Å². The molecular weight excluding hydrogens is 302 g/mol. The molecule has 4 nitrogen and oxygen atoms in total. The lowest BCUT2D eigenvalue weighted by Crippen LogP contribution is -2.24. The summed E-state index contributed by atoms with van der Waals surface area (Å²) in [6, 6.07) is 15.1. The molecule has 120 valence electrons. The van der Waals surface area contributed by atoms with Crippen molar-refractivity contribution in [3.8, 4) is 11.8 Å². The van der Waals surface area contributed by atoms with Gasteiger partial charge < -0.3 is 10.1 Å². The van der Waals surface area contributed by atoms with Gasteiger partial charge in [-0.2, -0.15) is 0 Å². The number of carbonyl (C=O) groups is 2. The Kier molecular flexibility index (Phi) is 4.93. The van der Waals surface area contributed by atoms with E-state index in [1.807, 2.05) is 48.5 Å². The Bertz CT molecular complexity index is 816. The number of ketones is 1. The molecule has 0 saturated carbocycles. The van der Waals surface area contributed by atoms with E-state index in [9.17, 15) is 9.59 Å². The third-order valence-corrected chi connectivity index (χ3v) is 3.79.